The minimum atomic E-state index is -0.230. The Balaban J connectivity index is 1.97. The molecule has 1 aromatic carbocycles. The number of rotatable bonds is 7. The summed E-state index contributed by atoms with van der Waals surface area (Å²) in [5.74, 6) is 1.08. The molecule has 0 aliphatic carbocycles. The third-order valence-electron chi connectivity index (χ3n) is 5.56. The predicted octanol–water partition coefficient (Wildman–Crippen LogP) is 3.40. The third-order valence-corrected chi connectivity index (χ3v) is 5.56. The number of aryl methyl sites for hydroxylation is 2. The van der Waals surface area contributed by atoms with Crippen molar-refractivity contribution in [2.75, 3.05) is 13.7 Å². The zero-order valence-electron chi connectivity index (χ0n) is 19.1. The Hall–Kier alpha value is -3.94. The van der Waals surface area contributed by atoms with Crippen molar-refractivity contribution in [2.24, 2.45) is 0 Å². The molecule has 170 valence electrons. The van der Waals surface area contributed by atoms with Gasteiger partial charge in [0.25, 0.3) is 5.56 Å². The van der Waals surface area contributed by atoms with Crippen LogP contribution in [0.1, 0.15) is 29.6 Å². The van der Waals surface area contributed by atoms with E-state index in [2.05, 4.69) is 15.5 Å². The molecule has 1 N–H and O–H groups in total. The molecule has 1 amide bonds. The molecule has 0 radical (unpaired) electrons. The number of fused-ring (bicyclic) bond motifs is 1. The van der Waals surface area contributed by atoms with Crippen molar-refractivity contribution >= 4 is 16.8 Å². The number of hydrogen-bond acceptors (Lipinski definition) is 6. The summed E-state index contributed by atoms with van der Waals surface area (Å²) < 4.78 is 12.7. The van der Waals surface area contributed by atoms with Crippen molar-refractivity contribution in [1.29, 1.82) is 0 Å². The van der Waals surface area contributed by atoms with E-state index in [1.165, 1.54) is 0 Å². The van der Waals surface area contributed by atoms with Gasteiger partial charge in [0, 0.05) is 29.9 Å². The number of benzene rings is 1. The number of carbonyl (C=O) groups excluding carboxylic acids is 1. The Labute approximate surface area is 191 Å². The van der Waals surface area contributed by atoms with E-state index in [-0.39, 0.29) is 24.4 Å². The van der Waals surface area contributed by atoms with E-state index < -0.39 is 0 Å². The summed E-state index contributed by atoms with van der Waals surface area (Å²) in [4.78, 5) is 30.1. The summed E-state index contributed by atoms with van der Waals surface area (Å²) in [7, 11) is 1.59. The first-order valence-corrected chi connectivity index (χ1v) is 10.8. The second kappa shape index (κ2) is 9.28. The number of methoxy groups -OCH3 is 1. The van der Waals surface area contributed by atoms with Gasteiger partial charge in [-0.05, 0) is 50.4 Å². The second-order valence-corrected chi connectivity index (χ2v) is 7.82. The highest BCUT2D eigenvalue weighted by molar-refractivity contribution is 5.90. The molecule has 8 heteroatoms. The number of nitrogens with one attached hydrogen (secondary N) is 1. The van der Waals surface area contributed by atoms with Gasteiger partial charge in [0.15, 0.2) is 0 Å². The lowest BCUT2D eigenvalue weighted by Gasteiger charge is -2.16. The number of likely N-dealkylation sites (N-methyl/N-ethyl adjacent to an activating group) is 1. The Bertz CT molecular complexity index is 1350. The summed E-state index contributed by atoms with van der Waals surface area (Å²) in [6.45, 7) is 6.34. The van der Waals surface area contributed by atoms with Crippen LogP contribution in [-0.4, -0.2) is 34.3 Å². The van der Waals surface area contributed by atoms with E-state index in [0.717, 1.165) is 27.9 Å². The fourth-order valence-electron chi connectivity index (χ4n) is 4.07. The average molecular weight is 447 g/mol. The number of aromatic nitrogens is 3. The zero-order chi connectivity index (χ0) is 23.5. The number of amides is 1. The molecule has 0 unspecified atom stereocenters. The monoisotopic (exact) mass is 446 g/mol. The molecule has 0 atom stereocenters. The smallest absolute Gasteiger partial charge is 0.255 e. The molecule has 0 saturated carbocycles. The van der Waals surface area contributed by atoms with Crippen LogP contribution in [0.3, 0.4) is 0 Å². The molecule has 3 aromatic heterocycles. The van der Waals surface area contributed by atoms with Crippen LogP contribution in [0.2, 0.25) is 0 Å². The lowest BCUT2D eigenvalue weighted by atomic mass is 9.99. The maximum absolute atomic E-state index is 13.4. The third kappa shape index (κ3) is 4.37. The summed E-state index contributed by atoms with van der Waals surface area (Å²) >= 11 is 0. The van der Waals surface area contributed by atoms with E-state index in [4.69, 9.17) is 9.26 Å². The highest BCUT2D eigenvalue weighted by Gasteiger charge is 2.20. The van der Waals surface area contributed by atoms with E-state index in [1.54, 1.807) is 23.9 Å². The van der Waals surface area contributed by atoms with Gasteiger partial charge in [-0.25, -0.2) is 0 Å². The van der Waals surface area contributed by atoms with Crippen LogP contribution in [0, 0.1) is 13.8 Å². The first-order chi connectivity index (χ1) is 15.9. The van der Waals surface area contributed by atoms with Crippen molar-refractivity contribution in [3.05, 3.63) is 75.7 Å². The normalized spacial score (nSPS) is 11.0. The number of ether oxygens (including phenoxy) is 1. The maximum Gasteiger partial charge on any atom is 0.255 e. The summed E-state index contributed by atoms with van der Waals surface area (Å²) in [6, 6.07) is 11.2. The van der Waals surface area contributed by atoms with Gasteiger partial charge in [-0.1, -0.05) is 11.2 Å². The number of carbonyl (C=O) groups is 1. The standard InChI is InChI=1S/C25H26N4O4/c1-5-26-23(30)12-18-10-17-11-20(24-15(2)28-33-16(24)3)22(32-4)13-21(17)29(25(18)31)14-19-8-6-7-9-27-19/h6-11,13H,5,12,14H2,1-4H3,(H,26,30). The molecule has 4 aromatic rings. The second-order valence-electron chi connectivity index (χ2n) is 7.82. The van der Waals surface area contributed by atoms with Gasteiger partial charge in [0.2, 0.25) is 5.91 Å². The van der Waals surface area contributed by atoms with Crippen LogP contribution in [0.15, 0.2) is 51.9 Å². The molecule has 8 nitrogen and oxygen atoms in total. The molecule has 33 heavy (non-hydrogen) atoms. The largest absolute Gasteiger partial charge is 0.496 e. The molecule has 0 saturated heterocycles. The van der Waals surface area contributed by atoms with Crippen LogP contribution >= 0.6 is 0 Å². The fraction of sp³-hybridized carbons (Fsp3) is 0.280. The Kier molecular flexibility index (Phi) is 6.26. The molecule has 0 fully saturated rings. The van der Waals surface area contributed by atoms with Crippen LogP contribution < -0.4 is 15.6 Å². The van der Waals surface area contributed by atoms with Gasteiger partial charge >= 0.3 is 0 Å². The fourth-order valence-corrected chi connectivity index (χ4v) is 4.07. The minimum Gasteiger partial charge on any atom is -0.496 e. The van der Waals surface area contributed by atoms with Crippen molar-refractivity contribution in [3.8, 4) is 16.9 Å². The quantitative estimate of drug-likeness (QED) is 0.467. The van der Waals surface area contributed by atoms with E-state index >= 15 is 0 Å². The number of nitrogens with zero attached hydrogens (tertiary/aromatic N) is 3. The Morgan fingerprint density at radius 1 is 1.21 bits per heavy atom. The number of pyridine rings is 2. The maximum atomic E-state index is 13.4. The minimum absolute atomic E-state index is 0.00246. The van der Waals surface area contributed by atoms with Crippen molar-refractivity contribution in [3.63, 3.8) is 0 Å². The van der Waals surface area contributed by atoms with Crippen molar-refractivity contribution in [1.82, 2.24) is 20.0 Å². The van der Waals surface area contributed by atoms with E-state index in [9.17, 15) is 9.59 Å². The number of hydrogen-bond donors (Lipinski definition) is 1. The van der Waals surface area contributed by atoms with Gasteiger partial charge in [-0.2, -0.15) is 0 Å². The van der Waals surface area contributed by atoms with E-state index in [1.807, 2.05) is 51.1 Å². The topological polar surface area (TPSA) is 99.2 Å². The van der Waals surface area contributed by atoms with E-state index in [0.29, 0.717) is 29.1 Å². The first kappa shape index (κ1) is 22.3. The summed E-state index contributed by atoms with van der Waals surface area (Å²) in [6.07, 6.45) is 1.69. The molecular weight excluding hydrogens is 420 g/mol. The van der Waals surface area contributed by atoms with Gasteiger partial charge in [0.1, 0.15) is 11.5 Å². The van der Waals surface area contributed by atoms with Gasteiger partial charge in [-0.3, -0.25) is 14.6 Å². The summed E-state index contributed by atoms with van der Waals surface area (Å²) in [5, 5.41) is 7.64. The highest BCUT2D eigenvalue weighted by atomic mass is 16.5. The van der Waals surface area contributed by atoms with Gasteiger partial charge < -0.3 is 19.1 Å². The Morgan fingerprint density at radius 3 is 2.67 bits per heavy atom. The van der Waals surface area contributed by atoms with Crippen molar-refractivity contribution < 1.29 is 14.1 Å². The van der Waals surface area contributed by atoms with Crippen LogP contribution in [0.5, 0.6) is 5.75 Å². The molecule has 3 heterocycles. The average Bonchev–Trinajstić information content (AvgIpc) is 3.14. The van der Waals surface area contributed by atoms with Crippen LogP contribution in [0.4, 0.5) is 0 Å². The van der Waals surface area contributed by atoms with Gasteiger partial charge in [-0.15, -0.1) is 0 Å². The highest BCUT2D eigenvalue weighted by Crippen LogP contribution is 2.37. The van der Waals surface area contributed by atoms with Gasteiger partial charge in [0.05, 0.1) is 42.5 Å². The van der Waals surface area contributed by atoms with Crippen LogP contribution in [-0.2, 0) is 17.8 Å². The molecular formula is C25H26N4O4. The van der Waals surface area contributed by atoms with Crippen molar-refractivity contribution in [2.45, 2.75) is 33.7 Å². The zero-order valence-corrected chi connectivity index (χ0v) is 19.1. The first-order valence-electron chi connectivity index (χ1n) is 10.8. The molecule has 0 bridgehead atoms. The SMILES string of the molecule is CCNC(=O)Cc1cc2cc(-c3c(C)noc3C)c(OC)cc2n(Cc2ccccn2)c1=O. The molecule has 0 spiro atoms. The Morgan fingerprint density at radius 2 is 2.03 bits per heavy atom. The van der Waals surface area contributed by atoms with Crippen LogP contribution in [0.25, 0.3) is 22.0 Å². The summed E-state index contributed by atoms with van der Waals surface area (Å²) in [5.41, 5.74) is 4.03. The predicted molar refractivity (Wildman–Crippen MR) is 125 cm³/mol. The molecule has 0 aliphatic rings. The lowest BCUT2D eigenvalue weighted by Crippen LogP contribution is -2.30. The lowest BCUT2D eigenvalue weighted by molar-refractivity contribution is -0.120. The molecule has 4 rings (SSSR count). The molecule has 0 aliphatic heterocycles.